The van der Waals surface area contributed by atoms with Crippen molar-refractivity contribution < 1.29 is 24.8 Å². The molecule has 5 heteroatoms. The maximum atomic E-state index is 10.1. The first-order chi connectivity index (χ1) is 8.66. The molecule has 2 aliphatic heterocycles. The Hall–Kier alpha value is -0.980. The Morgan fingerprint density at radius 2 is 1.94 bits per heavy atom. The van der Waals surface area contributed by atoms with E-state index >= 15 is 0 Å². The van der Waals surface area contributed by atoms with Gasteiger partial charge in [-0.1, -0.05) is 24.3 Å². The summed E-state index contributed by atoms with van der Waals surface area (Å²) in [7, 11) is 0. The minimum absolute atomic E-state index is 0.331. The fourth-order valence-electron chi connectivity index (χ4n) is 2.66. The van der Waals surface area contributed by atoms with Crippen LogP contribution in [-0.2, 0) is 22.5 Å². The summed E-state index contributed by atoms with van der Waals surface area (Å²) in [5.41, 5.74) is 2.09. The third-order valence-electron chi connectivity index (χ3n) is 3.71. The molecule has 2 aliphatic rings. The van der Waals surface area contributed by atoms with Crippen LogP contribution in [0.2, 0.25) is 0 Å². The first kappa shape index (κ1) is 12.1. The van der Waals surface area contributed by atoms with Crippen LogP contribution in [0.25, 0.3) is 0 Å². The molecule has 0 radical (unpaired) electrons. The summed E-state index contributed by atoms with van der Waals surface area (Å²) < 4.78 is 11.2. The number of rotatable bonds is 1. The van der Waals surface area contributed by atoms with Crippen molar-refractivity contribution in [2.45, 2.75) is 37.1 Å². The molecule has 5 nitrogen and oxygen atoms in total. The van der Waals surface area contributed by atoms with E-state index in [1.807, 2.05) is 24.3 Å². The van der Waals surface area contributed by atoms with E-state index in [9.17, 15) is 10.2 Å². The van der Waals surface area contributed by atoms with Gasteiger partial charge in [-0.15, -0.1) is 0 Å². The lowest BCUT2D eigenvalue weighted by Gasteiger charge is -2.36. The van der Waals surface area contributed by atoms with Gasteiger partial charge < -0.3 is 24.8 Å². The van der Waals surface area contributed by atoms with Gasteiger partial charge in [0.15, 0.2) is 0 Å². The van der Waals surface area contributed by atoms with Gasteiger partial charge in [0.1, 0.15) is 18.3 Å². The first-order valence-electron chi connectivity index (χ1n) is 6.02. The third kappa shape index (κ3) is 1.67. The quantitative estimate of drug-likeness (QED) is 0.632. The van der Waals surface area contributed by atoms with Gasteiger partial charge in [0, 0.05) is 6.42 Å². The zero-order valence-electron chi connectivity index (χ0n) is 9.82. The maximum absolute atomic E-state index is 10.1. The summed E-state index contributed by atoms with van der Waals surface area (Å²) in [4.78, 5) is 0. The molecule has 0 saturated carbocycles. The average Bonchev–Trinajstić information content (AvgIpc) is 2.64. The second-order valence-corrected chi connectivity index (χ2v) is 4.82. The minimum Gasteiger partial charge on any atom is -0.394 e. The van der Waals surface area contributed by atoms with Crippen LogP contribution in [0.5, 0.6) is 0 Å². The molecule has 4 atom stereocenters. The van der Waals surface area contributed by atoms with Crippen molar-refractivity contribution >= 4 is 0 Å². The van der Waals surface area contributed by atoms with Crippen LogP contribution < -0.4 is 0 Å². The average molecular weight is 252 g/mol. The van der Waals surface area contributed by atoms with Crippen LogP contribution in [-0.4, -0.2) is 46.0 Å². The fourth-order valence-corrected chi connectivity index (χ4v) is 2.66. The fraction of sp³-hybridized carbons (Fsp3) is 0.538. The van der Waals surface area contributed by atoms with E-state index in [0.29, 0.717) is 13.0 Å². The van der Waals surface area contributed by atoms with Crippen molar-refractivity contribution in [3.63, 3.8) is 0 Å². The number of aliphatic hydroxyl groups is 3. The van der Waals surface area contributed by atoms with Gasteiger partial charge in [-0.05, 0) is 11.1 Å². The third-order valence-corrected chi connectivity index (χ3v) is 3.71. The lowest BCUT2D eigenvalue weighted by Crippen LogP contribution is -2.49. The predicted octanol–water partition coefficient (Wildman–Crippen LogP) is -0.432. The molecule has 0 amide bonds. The van der Waals surface area contributed by atoms with Crippen LogP contribution in [0, 0.1) is 0 Å². The molecule has 1 fully saturated rings. The van der Waals surface area contributed by atoms with E-state index in [0.717, 1.165) is 11.1 Å². The highest BCUT2D eigenvalue weighted by atomic mass is 16.7. The lowest BCUT2D eigenvalue weighted by molar-refractivity contribution is -0.271. The predicted molar refractivity (Wildman–Crippen MR) is 61.6 cm³/mol. The van der Waals surface area contributed by atoms with Gasteiger partial charge in [0.2, 0.25) is 5.79 Å². The largest absolute Gasteiger partial charge is 0.394 e. The summed E-state index contributed by atoms with van der Waals surface area (Å²) in [6.45, 7) is -0.0108. The van der Waals surface area contributed by atoms with Gasteiger partial charge in [0.25, 0.3) is 0 Å². The highest BCUT2D eigenvalue weighted by Crippen LogP contribution is 2.39. The molecule has 1 aromatic rings. The highest BCUT2D eigenvalue weighted by Gasteiger charge is 2.56. The minimum atomic E-state index is -1.23. The van der Waals surface area contributed by atoms with Gasteiger partial charge in [-0.2, -0.15) is 0 Å². The SMILES string of the molecule is OCC1OC2(Cc3ccccc3CO2)C(O)C1O. The van der Waals surface area contributed by atoms with E-state index in [1.165, 1.54) is 0 Å². The monoisotopic (exact) mass is 252 g/mol. The standard InChI is InChI=1S/C13H16O5/c14-6-10-11(15)12(16)13(18-10)5-8-3-1-2-4-9(8)7-17-13/h1-4,10-12,14-16H,5-7H2. The molecule has 0 bridgehead atoms. The summed E-state index contributed by atoms with van der Waals surface area (Å²) in [6, 6.07) is 7.76. The Morgan fingerprint density at radius 3 is 2.61 bits per heavy atom. The maximum Gasteiger partial charge on any atom is 0.202 e. The molecule has 0 aliphatic carbocycles. The molecule has 1 spiro atoms. The molecule has 0 aromatic heterocycles. The van der Waals surface area contributed by atoms with E-state index in [4.69, 9.17) is 14.6 Å². The molecule has 98 valence electrons. The normalized spacial score (nSPS) is 38.9. The topological polar surface area (TPSA) is 79.2 Å². The molecular formula is C13H16O5. The zero-order valence-corrected chi connectivity index (χ0v) is 9.82. The summed E-state index contributed by atoms with van der Waals surface area (Å²) in [5.74, 6) is -1.23. The van der Waals surface area contributed by atoms with Crippen molar-refractivity contribution in [3.8, 4) is 0 Å². The molecule has 2 heterocycles. The summed E-state index contributed by atoms with van der Waals surface area (Å²) >= 11 is 0. The highest BCUT2D eigenvalue weighted by molar-refractivity contribution is 5.30. The van der Waals surface area contributed by atoms with Crippen LogP contribution in [0.4, 0.5) is 0 Å². The second kappa shape index (κ2) is 4.29. The molecule has 1 saturated heterocycles. The Balaban J connectivity index is 1.91. The molecule has 3 N–H and O–H groups in total. The molecular weight excluding hydrogens is 236 g/mol. The van der Waals surface area contributed by atoms with E-state index in [1.54, 1.807) is 0 Å². The van der Waals surface area contributed by atoms with E-state index in [-0.39, 0.29) is 6.61 Å². The van der Waals surface area contributed by atoms with Gasteiger partial charge in [-0.3, -0.25) is 0 Å². The molecule has 1 aromatic carbocycles. The Labute approximate surface area is 105 Å². The van der Waals surface area contributed by atoms with Crippen molar-refractivity contribution in [1.82, 2.24) is 0 Å². The molecule has 4 unspecified atom stereocenters. The summed E-state index contributed by atoms with van der Waals surface area (Å²) in [5, 5.41) is 29.0. The van der Waals surface area contributed by atoms with Crippen molar-refractivity contribution in [1.29, 1.82) is 0 Å². The number of ether oxygens (including phenoxy) is 2. The molecule has 18 heavy (non-hydrogen) atoms. The zero-order chi connectivity index (χ0) is 12.8. The first-order valence-corrected chi connectivity index (χ1v) is 6.02. The second-order valence-electron chi connectivity index (χ2n) is 4.82. The number of aliphatic hydroxyl groups excluding tert-OH is 3. The Bertz CT molecular complexity index is 449. The number of fused-ring (bicyclic) bond motifs is 1. The Morgan fingerprint density at radius 1 is 1.22 bits per heavy atom. The van der Waals surface area contributed by atoms with Crippen LogP contribution >= 0.6 is 0 Å². The van der Waals surface area contributed by atoms with Crippen LogP contribution in [0.3, 0.4) is 0 Å². The number of hydrogen-bond acceptors (Lipinski definition) is 5. The van der Waals surface area contributed by atoms with Crippen molar-refractivity contribution in [3.05, 3.63) is 35.4 Å². The van der Waals surface area contributed by atoms with E-state index < -0.39 is 24.1 Å². The summed E-state index contributed by atoms with van der Waals surface area (Å²) in [6.07, 6.45) is -2.70. The number of hydrogen-bond donors (Lipinski definition) is 3. The van der Waals surface area contributed by atoms with Gasteiger partial charge in [0.05, 0.1) is 13.2 Å². The Kier molecular flexibility index (Phi) is 2.88. The van der Waals surface area contributed by atoms with Crippen molar-refractivity contribution in [2.75, 3.05) is 6.61 Å². The van der Waals surface area contributed by atoms with Crippen LogP contribution in [0.1, 0.15) is 11.1 Å². The van der Waals surface area contributed by atoms with Gasteiger partial charge >= 0.3 is 0 Å². The smallest absolute Gasteiger partial charge is 0.202 e. The molecule has 3 rings (SSSR count). The van der Waals surface area contributed by atoms with E-state index in [2.05, 4.69) is 0 Å². The van der Waals surface area contributed by atoms with Gasteiger partial charge in [-0.25, -0.2) is 0 Å². The lowest BCUT2D eigenvalue weighted by atomic mass is 9.92. The number of benzene rings is 1. The van der Waals surface area contributed by atoms with Crippen LogP contribution in [0.15, 0.2) is 24.3 Å². The van der Waals surface area contributed by atoms with Crippen molar-refractivity contribution in [2.24, 2.45) is 0 Å².